The summed E-state index contributed by atoms with van der Waals surface area (Å²) in [4.78, 5) is 52.4. The van der Waals surface area contributed by atoms with Crippen molar-refractivity contribution >= 4 is 47.0 Å². The molecule has 1 saturated carbocycles. The molecule has 4 aromatic rings. The van der Waals surface area contributed by atoms with Gasteiger partial charge >= 0.3 is 30.7 Å². The fourth-order valence-electron chi connectivity index (χ4n) is 7.09. The Bertz CT molecular complexity index is 2320. The third-order valence-electron chi connectivity index (χ3n) is 10.6. The lowest BCUT2D eigenvalue weighted by Crippen LogP contribution is -2.52. The van der Waals surface area contributed by atoms with Crippen LogP contribution in [0.2, 0.25) is 10.0 Å². The quantitative estimate of drug-likeness (QED) is 0.0513. The van der Waals surface area contributed by atoms with Gasteiger partial charge in [0, 0.05) is 24.1 Å². The maximum Gasteiger partial charge on any atom is 0.490 e. The van der Waals surface area contributed by atoms with Gasteiger partial charge in [0.05, 0.1) is 12.2 Å². The molecule has 342 valence electrons. The Kier molecular flexibility index (Phi) is 15.5. The predicted octanol–water partition coefficient (Wildman–Crippen LogP) is 8.04. The third-order valence-corrected chi connectivity index (χ3v) is 11.2. The summed E-state index contributed by atoms with van der Waals surface area (Å²) in [6.45, 7) is -0.432. The first kappa shape index (κ1) is 47.7. The minimum Gasteiger partial charge on any atom is -0.619 e. The number of aliphatic carboxylic acids is 1. The second kappa shape index (κ2) is 20.8. The summed E-state index contributed by atoms with van der Waals surface area (Å²) in [5.74, 6) is -5.50. The summed E-state index contributed by atoms with van der Waals surface area (Å²) in [7, 11) is 0. The van der Waals surface area contributed by atoms with Crippen molar-refractivity contribution in [2.75, 3.05) is 26.2 Å². The molecule has 3 aromatic carbocycles. The monoisotopic (exact) mass is 941 g/mol. The van der Waals surface area contributed by atoms with Crippen molar-refractivity contribution in [1.29, 1.82) is 0 Å². The largest absolute Gasteiger partial charge is 0.619 e. The van der Waals surface area contributed by atoms with Crippen molar-refractivity contribution in [3.05, 3.63) is 128 Å². The summed E-state index contributed by atoms with van der Waals surface area (Å²) < 4.78 is 95.5. The number of carbonyl (C=O) groups is 4. The number of carboxylic acids is 1. The van der Waals surface area contributed by atoms with E-state index in [0.29, 0.717) is 16.8 Å². The standard InChI is InChI=1S/C41H38Cl2F3N3O8.C2HF3O2/c42-31-19-49(53)20-32(43)30(31)18-34(25-9-10-33(57-41(45)46)35(17-25)54-22-23-7-8-23)55-39(51)28-5-1-4-27(15-28)38(50)47-37(26-3-2-6-29(44)16-26)40(52)56-36-21-48-13-11-24(36)12-14-48;3-2(4,5)1(6)7/h1-6,9-10,15-17,19-20,23-24,34,36-37,41H,7-8,11-14,18,21-22H2,(H,47,50);(H,6,7)/t34-,36?,37?;/m0./s1. The predicted molar refractivity (Wildman–Crippen MR) is 214 cm³/mol. The second-order valence-electron chi connectivity index (χ2n) is 15.2. The first-order chi connectivity index (χ1) is 30.3. The maximum absolute atomic E-state index is 14.4. The number of ether oxygens (including phenoxy) is 4. The van der Waals surface area contributed by atoms with Crippen molar-refractivity contribution in [2.24, 2.45) is 11.8 Å². The van der Waals surface area contributed by atoms with Crippen molar-refractivity contribution in [3.8, 4) is 11.5 Å². The molecule has 2 unspecified atom stereocenters. The lowest BCUT2D eigenvalue weighted by Gasteiger charge is -2.44. The van der Waals surface area contributed by atoms with Gasteiger partial charge in [-0.15, -0.1) is 0 Å². The van der Waals surface area contributed by atoms with E-state index in [2.05, 4.69) is 15.0 Å². The average molecular weight is 943 g/mol. The number of halogens is 8. The number of amides is 1. The number of esters is 2. The number of rotatable bonds is 15. The fraction of sp³-hybridized carbons (Fsp3) is 0.372. The van der Waals surface area contributed by atoms with Crippen LogP contribution in [0.4, 0.5) is 26.3 Å². The average Bonchev–Trinajstić information content (AvgIpc) is 4.08. The van der Waals surface area contributed by atoms with E-state index in [0.717, 1.165) is 57.2 Å². The molecule has 64 heavy (non-hydrogen) atoms. The Morgan fingerprint density at radius 2 is 1.55 bits per heavy atom. The van der Waals surface area contributed by atoms with E-state index in [1.165, 1.54) is 60.7 Å². The highest BCUT2D eigenvalue weighted by atomic mass is 35.5. The molecule has 0 spiro atoms. The van der Waals surface area contributed by atoms with E-state index in [4.69, 9.17) is 47.3 Å². The number of hydrogen-bond donors (Lipinski definition) is 2. The number of carboxylic acid groups (broad SMARTS) is 1. The Balaban J connectivity index is 0.000000898. The third kappa shape index (κ3) is 12.9. The van der Waals surface area contributed by atoms with Crippen LogP contribution >= 0.6 is 23.2 Å². The number of alkyl halides is 5. The van der Waals surface area contributed by atoms with Crippen LogP contribution in [0, 0.1) is 22.9 Å². The van der Waals surface area contributed by atoms with Gasteiger partial charge in [-0.1, -0.05) is 47.5 Å². The van der Waals surface area contributed by atoms with Crippen molar-refractivity contribution in [3.63, 3.8) is 0 Å². The number of pyridine rings is 1. The molecular formula is C43H39Cl2F6N3O10. The van der Waals surface area contributed by atoms with Gasteiger partial charge in [0.25, 0.3) is 5.91 Å². The van der Waals surface area contributed by atoms with Gasteiger partial charge < -0.3 is 34.6 Å². The molecule has 3 aliphatic heterocycles. The Morgan fingerprint density at radius 1 is 0.891 bits per heavy atom. The Morgan fingerprint density at radius 3 is 2.14 bits per heavy atom. The van der Waals surface area contributed by atoms with Crippen LogP contribution in [0.3, 0.4) is 0 Å². The molecule has 1 amide bonds. The first-order valence-corrected chi connectivity index (χ1v) is 20.5. The van der Waals surface area contributed by atoms with E-state index >= 15 is 0 Å². The van der Waals surface area contributed by atoms with Crippen molar-refractivity contribution < 1.29 is 74.3 Å². The molecule has 4 fully saturated rings. The molecule has 2 bridgehead atoms. The molecule has 3 saturated heterocycles. The number of fused-ring (bicyclic) bond motifs is 3. The highest BCUT2D eigenvalue weighted by Crippen LogP contribution is 2.38. The summed E-state index contributed by atoms with van der Waals surface area (Å²) in [5.41, 5.74) is 0.666. The topological polar surface area (TPSA) is 168 Å². The van der Waals surface area contributed by atoms with Gasteiger partial charge in [-0.25, -0.2) is 18.8 Å². The second-order valence-corrected chi connectivity index (χ2v) is 16.0. The zero-order chi connectivity index (χ0) is 46.3. The zero-order valence-corrected chi connectivity index (χ0v) is 34.9. The van der Waals surface area contributed by atoms with Crippen molar-refractivity contribution in [1.82, 2.24) is 10.2 Å². The maximum atomic E-state index is 14.4. The molecule has 21 heteroatoms. The first-order valence-electron chi connectivity index (χ1n) is 19.7. The van der Waals surface area contributed by atoms with E-state index in [-0.39, 0.29) is 74.8 Å². The number of carbonyl (C=O) groups excluding carboxylic acids is 3. The smallest absolute Gasteiger partial charge is 0.490 e. The molecule has 8 rings (SSSR count). The molecular weight excluding hydrogens is 903 g/mol. The normalized spacial score (nSPS) is 18.8. The minimum atomic E-state index is -5.08. The Labute approximate surface area is 371 Å². The fourth-order valence-corrected chi connectivity index (χ4v) is 7.69. The lowest BCUT2D eigenvalue weighted by molar-refractivity contribution is -0.605. The zero-order valence-electron chi connectivity index (χ0n) is 33.4. The SMILES string of the molecule is O=C(NC(C(=O)OC1CN2CCC1CC2)c1cccc(F)c1)c1cccc(C(=O)O[C@@H](Cc2c(Cl)c[n+]([O-])cc2Cl)c2ccc(OC(F)F)c(OCC3CC3)c2)c1.O=C(O)C(F)(F)F. The van der Waals surface area contributed by atoms with Crippen LogP contribution in [0.25, 0.3) is 0 Å². The van der Waals surface area contributed by atoms with Crippen LogP contribution < -0.4 is 19.5 Å². The number of nitrogens with one attached hydrogen (secondary N) is 1. The van der Waals surface area contributed by atoms with Crippen LogP contribution in [0.5, 0.6) is 11.5 Å². The molecule has 1 aliphatic carbocycles. The van der Waals surface area contributed by atoms with Crippen LogP contribution in [0.1, 0.15) is 75.2 Å². The molecule has 3 atom stereocenters. The van der Waals surface area contributed by atoms with E-state index in [9.17, 15) is 45.9 Å². The molecule has 0 radical (unpaired) electrons. The van der Waals surface area contributed by atoms with E-state index < -0.39 is 54.6 Å². The Hall–Kier alpha value is -5.79. The van der Waals surface area contributed by atoms with Gasteiger partial charge in [0.15, 0.2) is 29.9 Å². The number of nitrogens with zero attached hydrogens (tertiary/aromatic N) is 2. The number of benzene rings is 3. The number of piperidine rings is 3. The summed E-state index contributed by atoms with van der Waals surface area (Å²) in [6.07, 6.45) is -0.974. The molecule has 1 aromatic heterocycles. The summed E-state index contributed by atoms with van der Waals surface area (Å²) in [6, 6.07) is 13.6. The highest BCUT2D eigenvalue weighted by Gasteiger charge is 2.39. The van der Waals surface area contributed by atoms with Gasteiger partial charge in [-0.3, -0.25) is 9.69 Å². The highest BCUT2D eigenvalue weighted by molar-refractivity contribution is 6.35. The van der Waals surface area contributed by atoms with Crippen LogP contribution in [-0.2, 0) is 25.5 Å². The summed E-state index contributed by atoms with van der Waals surface area (Å²) in [5, 5.41) is 21.7. The summed E-state index contributed by atoms with van der Waals surface area (Å²) >= 11 is 12.8. The van der Waals surface area contributed by atoms with Crippen LogP contribution in [-0.4, -0.2) is 79.0 Å². The lowest BCUT2D eigenvalue weighted by atomic mass is 9.86. The van der Waals surface area contributed by atoms with Gasteiger partial charge in [-0.05, 0) is 104 Å². The van der Waals surface area contributed by atoms with E-state index in [1.54, 1.807) is 0 Å². The number of hydrogen-bond acceptors (Lipinski definition) is 10. The van der Waals surface area contributed by atoms with Crippen molar-refractivity contribution in [2.45, 2.75) is 63.1 Å². The number of aromatic nitrogens is 1. The molecule has 4 heterocycles. The van der Waals surface area contributed by atoms with Gasteiger partial charge in [0.2, 0.25) is 0 Å². The molecule has 4 aliphatic rings. The minimum absolute atomic E-state index is 0.00181. The van der Waals surface area contributed by atoms with E-state index in [1.807, 2.05) is 0 Å². The van der Waals surface area contributed by atoms with Crippen LogP contribution in [0.15, 0.2) is 79.1 Å². The molecule has 13 nitrogen and oxygen atoms in total. The van der Waals surface area contributed by atoms with Gasteiger partial charge in [-0.2, -0.15) is 26.7 Å². The van der Waals surface area contributed by atoms with Gasteiger partial charge in [0.1, 0.15) is 28.1 Å². The molecule has 2 N–H and O–H groups in total.